The summed E-state index contributed by atoms with van der Waals surface area (Å²) >= 11 is 6.19. The lowest BCUT2D eigenvalue weighted by Gasteiger charge is -2.28. The molecule has 1 aliphatic heterocycles. The topological polar surface area (TPSA) is 29.0 Å². The lowest BCUT2D eigenvalue weighted by atomic mass is 10.1. The Balaban J connectivity index is 1.79. The van der Waals surface area contributed by atoms with Gasteiger partial charge in [0.2, 0.25) is 0 Å². The van der Waals surface area contributed by atoms with Crippen LogP contribution < -0.4 is 0 Å². The molecule has 3 nitrogen and oxygen atoms in total. The van der Waals surface area contributed by atoms with Crippen molar-refractivity contribution in [3.63, 3.8) is 0 Å². The molecule has 0 fully saturated rings. The van der Waals surface area contributed by atoms with Crippen LogP contribution in [0.5, 0.6) is 0 Å². The first-order valence-corrected chi connectivity index (χ1v) is 6.88. The molecule has 2 heterocycles. The zero-order valence-electron chi connectivity index (χ0n) is 10.9. The van der Waals surface area contributed by atoms with E-state index in [1.807, 2.05) is 13.0 Å². The Kier molecular flexibility index (Phi) is 3.49. The molecule has 1 aliphatic rings. The summed E-state index contributed by atoms with van der Waals surface area (Å²) in [6, 6.07) is 10.5. The molecule has 98 valence electrons. The van der Waals surface area contributed by atoms with Crippen molar-refractivity contribution in [3.8, 4) is 0 Å². The summed E-state index contributed by atoms with van der Waals surface area (Å²) in [5, 5.41) is 0.627. The number of hydrogen-bond donors (Lipinski definition) is 0. The Hall–Kier alpha value is -1.45. The van der Waals surface area contributed by atoms with E-state index in [0.29, 0.717) is 5.15 Å². The predicted octanol–water partition coefficient (Wildman–Crippen LogP) is 3.00. The van der Waals surface area contributed by atoms with Crippen molar-refractivity contribution in [1.29, 1.82) is 0 Å². The highest BCUT2D eigenvalue weighted by atomic mass is 35.5. The number of nitrogens with zero attached hydrogens (tertiary/aromatic N) is 3. The monoisotopic (exact) mass is 273 g/mol. The van der Waals surface area contributed by atoms with Crippen LogP contribution in [0.3, 0.4) is 0 Å². The van der Waals surface area contributed by atoms with Crippen LogP contribution in [0.4, 0.5) is 0 Å². The summed E-state index contributed by atoms with van der Waals surface area (Å²) in [5.74, 6) is 0.755. The summed E-state index contributed by atoms with van der Waals surface area (Å²) in [7, 11) is 0. The molecule has 0 aliphatic carbocycles. The van der Waals surface area contributed by atoms with Gasteiger partial charge in [0.15, 0.2) is 0 Å². The predicted molar refractivity (Wildman–Crippen MR) is 76.0 cm³/mol. The molecule has 0 bridgehead atoms. The summed E-state index contributed by atoms with van der Waals surface area (Å²) in [4.78, 5) is 11.2. The average Bonchev–Trinajstić information content (AvgIpc) is 2.39. The van der Waals surface area contributed by atoms with Crippen molar-refractivity contribution in [2.45, 2.75) is 26.4 Å². The lowest BCUT2D eigenvalue weighted by molar-refractivity contribution is 0.241. The third-order valence-electron chi connectivity index (χ3n) is 3.45. The van der Waals surface area contributed by atoms with Crippen LogP contribution in [0.15, 0.2) is 30.3 Å². The average molecular weight is 274 g/mol. The van der Waals surface area contributed by atoms with E-state index in [4.69, 9.17) is 11.6 Å². The van der Waals surface area contributed by atoms with E-state index in [-0.39, 0.29) is 0 Å². The van der Waals surface area contributed by atoms with Gasteiger partial charge in [0, 0.05) is 25.2 Å². The third kappa shape index (κ3) is 2.77. The van der Waals surface area contributed by atoms with Crippen molar-refractivity contribution in [1.82, 2.24) is 14.9 Å². The molecular formula is C15H16ClN3. The molecule has 0 spiro atoms. The van der Waals surface area contributed by atoms with Gasteiger partial charge in [-0.1, -0.05) is 41.9 Å². The molecule has 0 radical (unpaired) electrons. The first-order valence-electron chi connectivity index (χ1n) is 6.50. The van der Waals surface area contributed by atoms with Crippen molar-refractivity contribution < 1.29 is 0 Å². The summed E-state index contributed by atoms with van der Waals surface area (Å²) in [6.45, 7) is 4.71. The maximum absolute atomic E-state index is 6.19. The number of aryl methyl sites for hydroxylation is 1. The van der Waals surface area contributed by atoms with Crippen LogP contribution in [0.1, 0.15) is 22.6 Å². The van der Waals surface area contributed by atoms with Gasteiger partial charge in [-0.25, -0.2) is 9.97 Å². The molecule has 0 saturated carbocycles. The van der Waals surface area contributed by atoms with Gasteiger partial charge in [-0.15, -0.1) is 0 Å². The van der Waals surface area contributed by atoms with E-state index in [0.717, 1.165) is 43.1 Å². The van der Waals surface area contributed by atoms with Crippen LogP contribution in [0, 0.1) is 6.92 Å². The van der Waals surface area contributed by atoms with E-state index >= 15 is 0 Å². The Morgan fingerprint density at radius 2 is 2.00 bits per heavy atom. The van der Waals surface area contributed by atoms with E-state index in [1.165, 1.54) is 5.56 Å². The summed E-state index contributed by atoms with van der Waals surface area (Å²) < 4.78 is 0. The molecule has 0 N–H and O–H groups in total. The van der Waals surface area contributed by atoms with Gasteiger partial charge in [-0.2, -0.15) is 0 Å². The lowest BCUT2D eigenvalue weighted by Crippen LogP contribution is -2.31. The molecule has 0 atom stereocenters. The Bertz CT molecular complexity index is 583. The van der Waals surface area contributed by atoms with E-state index in [1.54, 1.807) is 0 Å². The Morgan fingerprint density at radius 3 is 2.79 bits per heavy atom. The van der Waals surface area contributed by atoms with Crippen LogP contribution in [-0.2, 0) is 19.5 Å². The first-order chi connectivity index (χ1) is 9.22. The van der Waals surface area contributed by atoms with Gasteiger partial charge in [0.1, 0.15) is 11.0 Å². The van der Waals surface area contributed by atoms with Crippen molar-refractivity contribution in [3.05, 3.63) is 58.1 Å². The van der Waals surface area contributed by atoms with Crippen LogP contribution >= 0.6 is 11.6 Å². The van der Waals surface area contributed by atoms with Gasteiger partial charge in [-0.05, 0) is 18.9 Å². The van der Waals surface area contributed by atoms with Crippen molar-refractivity contribution >= 4 is 11.6 Å². The molecule has 3 rings (SSSR count). The number of hydrogen-bond acceptors (Lipinski definition) is 3. The first kappa shape index (κ1) is 12.6. The fourth-order valence-corrected chi connectivity index (χ4v) is 2.86. The molecule has 4 heteroatoms. The number of aromatic nitrogens is 2. The maximum atomic E-state index is 6.19. The van der Waals surface area contributed by atoms with Gasteiger partial charge in [0.05, 0.1) is 5.69 Å². The molecule has 19 heavy (non-hydrogen) atoms. The molecular weight excluding hydrogens is 258 g/mol. The minimum absolute atomic E-state index is 0.627. The molecule has 0 amide bonds. The fourth-order valence-electron chi connectivity index (χ4n) is 2.53. The molecule has 1 aromatic carbocycles. The van der Waals surface area contributed by atoms with E-state index < -0.39 is 0 Å². The minimum Gasteiger partial charge on any atom is -0.293 e. The fraction of sp³-hybridized carbons (Fsp3) is 0.333. The SMILES string of the molecule is Cc1nc(Cl)c2c(n1)CN(Cc1ccccc1)CC2. The van der Waals surface area contributed by atoms with Gasteiger partial charge in [0.25, 0.3) is 0 Å². The van der Waals surface area contributed by atoms with Gasteiger partial charge < -0.3 is 0 Å². The smallest absolute Gasteiger partial charge is 0.136 e. The number of benzene rings is 1. The largest absolute Gasteiger partial charge is 0.293 e. The molecule has 1 aromatic heterocycles. The van der Waals surface area contributed by atoms with Gasteiger partial charge in [-0.3, -0.25) is 4.90 Å². The number of halogens is 1. The van der Waals surface area contributed by atoms with Crippen LogP contribution in [-0.4, -0.2) is 21.4 Å². The van der Waals surface area contributed by atoms with E-state index in [9.17, 15) is 0 Å². The normalized spacial score (nSPS) is 15.3. The van der Waals surface area contributed by atoms with Crippen molar-refractivity contribution in [2.24, 2.45) is 0 Å². The van der Waals surface area contributed by atoms with Crippen molar-refractivity contribution in [2.75, 3.05) is 6.54 Å². The second-order valence-electron chi connectivity index (χ2n) is 4.93. The van der Waals surface area contributed by atoms with Crippen LogP contribution in [0.25, 0.3) is 0 Å². The Labute approximate surface area is 118 Å². The molecule has 2 aromatic rings. The highest BCUT2D eigenvalue weighted by Gasteiger charge is 2.20. The second kappa shape index (κ2) is 5.27. The van der Waals surface area contributed by atoms with E-state index in [2.05, 4.69) is 39.1 Å². The minimum atomic E-state index is 0.627. The van der Waals surface area contributed by atoms with Gasteiger partial charge >= 0.3 is 0 Å². The summed E-state index contributed by atoms with van der Waals surface area (Å²) in [6.07, 6.45) is 0.932. The zero-order valence-corrected chi connectivity index (χ0v) is 11.7. The molecule has 0 unspecified atom stereocenters. The maximum Gasteiger partial charge on any atom is 0.136 e. The van der Waals surface area contributed by atoms with Crippen LogP contribution in [0.2, 0.25) is 5.15 Å². The zero-order chi connectivity index (χ0) is 13.2. The standard InChI is InChI=1S/C15H16ClN3/c1-11-17-14-10-19(8-7-13(14)15(16)18-11)9-12-5-3-2-4-6-12/h2-6H,7-10H2,1H3. The number of fused-ring (bicyclic) bond motifs is 1. The highest BCUT2D eigenvalue weighted by molar-refractivity contribution is 6.30. The third-order valence-corrected chi connectivity index (χ3v) is 3.77. The molecule has 0 saturated heterocycles. The highest BCUT2D eigenvalue weighted by Crippen LogP contribution is 2.24. The Morgan fingerprint density at radius 1 is 1.21 bits per heavy atom. The second-order valence-corrected chi connectivity index (χ2v) is 5.29. The number of rotatable bonds is 2. The summed E-state index contributed by atoms with van der Waals surface area (Å²) in [5.41, 5.74) is 3.54. The quantitative estimate of drug-likeness (QED) is 0.788.